The summed E-state index contributed by atoms with van der Waals surface area (Å²) in [4.78, 5) is 0. The minimum atomic E-state index is -0.454. The van der Waals surface area contributed by atoms with E-state index < -0.39 is 5.92 Å². The maximum atomic E-state index is 9.72. The van der Waals surface area contributed by atoms with Crippen molar-refractivity contribution in [2.24, 2.45) is 5.73 Å². The van der Waals surface area contributed by atoms with Crippen LogP contribution in [0.4, 0.5) is 0 Å². The molecule has 1 atom stereocenters. The fraction of sp³-hybridized carbons (Fsp3) is 0.211. The second-order valence-electron chi connectivity index (χ2n) is 5.91. The van der Waals surface area contributed by atoms with Gasteiger partial charge in [-0.2, -0.15) is 5.26 Å². The second kappa shape index (κ2) is 6.59. The number of nitrogens with zero attached hydrogens (tertiary/aromatic N) is 1. The van der Waals surface area contributed by atoms with Gasteiger partial charge in [0.1, 0.15) is 17.4 Å². The number of fused-ring (bicyclic) bond motifs is 2. The molecule has 2 aliphatic rings. The molecule has 0 radical (unpaired) electrons. The molecule has 2 heterocycles. The molecule has 2 N–H and O–H groups in total. The Morgan fingerprint density at radius 1 is 1.11 bits per heavy atom. The number of hydrogen-bond donors (Lipinski definition) is 1. The molecule has 0 unspecified atom stereocenters. The molecule has 0 aliphatic carbocycles. The van der Waals surface area contributed by atoms with Gasteiger partial charge in [0.2, 0.25) is 12.7 Å². The van der Waals surface area contributed by atoms with E-state index in [0.717, 1.165) is 11.1 Å². The average molecular weight is 431 g/mol. The molecule has 0 saturated heterocycles. The summed E-state index contributed by atoms with van der Waals surface area (Å²) < 4.78 is 28.1. The van der Waals surface area contributed by atoms with Crippen LogP contribution in [0.5, 0.6) is 28.7 Å². The van der Waals surface area contributed by atoms with Crippen LogP contribution in [0.2, 0.25) is 0 Å². The van der Waals surface area contributed by atoms with Crippen LogP contribution in [0.25, 0.3) is 0 Å². The van der Waals surface area contributed by atoms with Crippen LogP contribution in [-0.2, 0) is 0 Å². The summed E-state index contributed by atoms with van der Waals surface area (Å²) in [6, 6.07) is 9.40. The molecular weight excluding hydrogens is 416 g/mol. The smallest absolute Gasteiger partial charge is 0.231 e. The highest BCUT2D eigenvalue weighted by Crippen LogP contribution is 2.49. The molecule has 0 saturated carbocycles. The van der Waals surface area contributed by atoms with E-state index in [-0.39, 0.29) is 12.7 Å². The Morgan fingerprint density at radius 2 is 1.85 bits per heavy atom. The molecule has 138 valence electrons. The summed E-state index contributed by atoms with van der Waals surface area (Å²) in [7, 11) is 3.12. The number of hydrogen-bond acceptors (Lipinski definition) is 7. The standard InChI is InChI=1S/C19H15BrN2O5/c1-23-16-4-9(3-12(20)18(16)24-2)17-10-5-14-15(26-8-25-14)6-13(10)27-19(22)11(17)7-21/h3-6,17H,8,22H2,1-2H3/t17-/m0/s1. The SMILES string of the molecule is COc1cc([C@@H]2C(C#N)=C(N)Oc3cc4c(cc32)OCO4)cc(Br)c1OC. The monoisotopic (exact) mass is 430 g/mol. The summed E-state index contributed by atoms with van der Waals surface area (Å²) in [5.41, 5.74) is 7.89. The third kappa shape index (κ3) is 2.71. The Morgan fingerprint density at radius 3 is 2.52 bits per heavy atom. The van der Waals surface area contributed by atoms with E-state index in [1.807, 2.05) is 18.2 Å². The molecule has 2 aliphatic heterocycles. The average Bonchev–Trinajstić information content (AvgIpc) is 3.11. The highest BCUT2D eigenvalue weighted by atomic mass is 79.9. The molecular formula is C19H15BrN2O5. The quantitative estimate of drug-likeness (QED) is 0.796. The molecule has 0 amide bonds. The van der Waals surface area contributed by atoms with Crippen molar-refractivity contribution in [2.75, 3.05) is 21.0 Å². The maximum Gasteiger partial charge on any atom is 0.231 e. The summed E-state index contributed by atoms with van der Waals surface area (Å²) in [6.45, 7) is 0.138. The van der Waals surface area contributed by atoms with Crippen LogP contribution in [0, 0.1) is 11.3 Å². The highest BCUT2D eigenvalue weighted by molar-refractivity contribution is 9.10. The van der Waals surface area contributed by atoms with E-state index in [2.05, 4.69) is 22.0 Å². The van der Waals surface area contributed by atoms with Gasteiger partial charge in [0.15, 0.2) is 23.0 Å². The number of nitriles is 1. The second-order valence-corrected chi connectivity index (χ2v) is 6.76. The minimum Gasteiger partial charge on any atom is -0.493 e. The Hall–Kier alpha value is -3.05. The number of rotatable bonds is 3. The van der Waals surface area contributed by atoms with Crippen molar-refractivity contribution in [1.82, 2.24) is 0 Å². The fourth-order valence-electron chi connectivity index (χ4n) is 3.29. The van der Waals surface area contributed by atoms with Gasteiger partial charge in [-0.05, 0) is 39.7 Å². The van der Waals surface area contributed by atoms with Gasteiger partial charge in [0.25, 0.3) is 0 Å². The number of nitrogens with two attached hydrogens (primary N) is 1. The Kier molecular flexibility index (Phi) is 4.24. The molecule has 0 spiro atoms. The molecule has 0 bridgehead atoms. The van der Waals surface area contributed by atoms with E-state index in [4.69, 9.17) is 29.4 Å². The minimum absolute atomic E-state index is 0.0553. The van der Waals surface area contributed by atoms with Crippen molar-refractivity contribution in [3.63, 3.8) is 0 Å². The zero-order valence-corrected chi connectivity index (χ0v) is 16.1. The summed E-state index contributed by atoms with van der Waals surface area (Å²) in [5, 5.41) is 9.72. The first-order valence-electron chi connectivity index (χ1n) is 8.00. The van der Waals surface area contributed by atoms with Crippen molar-refractivity contribution >= 4 is 15.9 Å². The molecule has 0 aromatic heterocycles. The van der Waals surface area contributed by atoms with Gasteiger partial charge in [0.05, 0.1) is 24.6 Å². The Labute approximate surface area is 164 Å². The lowest BCUT2D eigenvalue weighted by molar-refractivity contribution is 0.174. The third-order valence-electron chi connectivity index (χ3n) is 4.50. The molecule has 2 aromatic carbocycles. The van der Waals surface area contributed by atoms with E-state index >= 15 is 0 Å². The zero-order chi connectivity index (χ0) is 19.1. The predicted molar refractivity (Wildman–Crippen MR) is 99.1 cm³/mol. The summed E-state index contributed by atoms with van der Waals surface area (Å²) in [5.74, 6) is 2.39. The van der Waals surface area contributed by atoms with Gasteiger partial charge in [-0.1, -0.05) is 0 Å². The third-order valence-corrected chi connectivity index (χ3v) is 5.09. The zero-order valence-electron chi connectivity index (χ0n) is 14.5. The summed E-state index contributed by atoms with van der Waals surface area (Å²) >= 11 is 3.50. The molecule has 8 heteroatoms. The van der Waals surface area contributed by atoms with Crippen molar-refractivity contribution in [3.05, 3.63) is 51.3 Å². The largest absolute Gasteiger partial charge is 0.493 e. The van der Waals surface area contributed by atoms with Gasteiger partial charge in [-0.3, -0.25) is 0 Å². The van der Waals surface area contributed by atoms with Crippen molar-refractivity contribution in [2.45, 2.75) is 5.92 Å². The van der Waals surface area contributed by atoms with Crippen molar-refractivity contribution in [1.29, 1.82) is 5.26 Å². The van der Waals surface area contributed by atoms with E-state index in [1.165, 1.54) is 0 Å². The van der Waals surface area contributed by atoms with Crippen molar-refractivity contribution < 1.29 is 23.7 Å². The number of benzene rings is 2. The van der Waals surface area contributed by atoms with Crippen LogP contribution in [0.15, 0.2) is 40.2 Å². The highest BCUT2D eigenvalue weighted by Gasteiger charge is 2.34. The maximum absolute atomic E-state index is 9.72. The molecule has 4 rings (SSSR count). The van der Waals surface area contributed by atoms with Gasteiger partial charge in [0, 0.05) is 11.6 Å². The lowest BCUT2D eigenvalue weighted by atomic mass is 9.83. The Bertz CT molecular complexity index is 1010. The fourth-order valence-corrected chi connectivity index (χ4v) is 3.92. The van der Waals surface area contributed by atoms with Crippen LogP contribution < -0.4 is 29.4 Å². The van der Waals surface area contributed by atoms with Gasteiger partial charge < -0.3 is 29.4 Å². The first kappa shape index (κ1) is 17.4. The van der Waals surface area contributed by atoms with Gasteiger partial charge in [-0.15, -0.1) is 0 Å². The van der Waals surface area contributed by atoms with E-state index in [9.17, 15) is 5.26 Å². The lowest BCUT2D eigenvalue weighted by Gasteiger charge is -2.27. The van der Waals surface area contributed by atoms with Crippen LogP contribution in [0.1, 0.15) is 17.0 Å². The van der Waals surface area contributed by atoms with Crippen molar-refractivity contribution in [3.8, 4) is 34.8 Å². The van der Waals surface area contributed by atoms with Gasteiger partial charge in [-0.25, -0.2) is 0 Å². The summed E-state index contributed by atoms with van der Waals surface area (Å²) in [6.07, 6.45) is 0. The first-order valence-corrected chi connectivity index (χ1v) is 8.79. The Balaban J connectivity index is 1.94. The lowest BCUT2D eigenvalue weighted by Crippen LogP contribution is -2.21. The predicted octanol–water partition coefficient (Wildman–Crippen LogP) is 3.41. The number of ether oxygens (including phenoxy) is 5. The van der Waals surface area contributed by atoms with Gasteiger partial charge >= 0.3 is 0 Å². The van der Waals surface area contributed by atoms with Crippen LogP contribution >= 0.6 is 15.9 Å². The van der Waals surface area contributed by atoms with Crippen LogP contribution in [0.3, 0.4) is 0 Å². The normalized spacial score (nSPS) is 17.0. The molecule has 7 nitrogen and oxygen atoms in total. The molecule has 0 fully saturated rings. The van der Waals surface area contributed by atoms with E-state index in [0.29, 0.717) is 38.8 Å². The number of methoxy groups -OCH3 is 2. The number of allylic oxidation sites excluding steroid dienone is 1. The van der Waals surface area contributed by atoms with E-state index in [1.54, 1.807) is 20.3 Å². The first-order chi connectivity index (χ1) is 13.1. The van der Waals surface area contributed by atoms with Crippen LogP contribution in [-0.4, -0.2) is 21.0 Å². The molecule has 27 heavy (non-hydrogen) atoms. The molecule has 2 aromatic rings. The number of halogens is 1. The topological polar surface area (TPSA) is 96.0 Å².